The fraction of sp³-hybridized carbons (Fsp3) is 0.375. The lowest BCUT2D eigenvalue weighted by Crippen LogP contribution is -2.35. The summed E-state index contributed by atoms with van der Waals surface area (Å²) in [5, 5.41) is 11.9. The molecule has 1 aliphatic heterocycles. The Labute approximate surface area is 194 Å². The van der Waals surface area contributed by atoms with Crippen LogP contribution in [-0.4, -0.2) is 34.2 Å². The van der Waals surface area contributed by atoms with E-state index >= 15 is 0 Å². The van der Waals surface area contributed by atoms with Crippen molar-refractivity contribution in [3.05, 3.63) is 70.6 Å². The summed E-state index contributed by atoms with van der Waals surface area (Å²) in [7, 11) is 0. The lowest BCUT2D eigenvalue weighted by atomic mass is 9.99. The van der Waals surface area contributed by atoms with Crippen LogP contribution in [0.1, 0.15) is 54.0 Å². The lowest BCUT2D eigenvalue weighted by molar-refractivity contribution is 0.134. The van der Waals surface area contributed by atoms with Gasteiger partial charge in [-0.25, -0.2) is 0 Å². The highest BCUT2D eigenvalue weighted by Gasteiger charge is 2.31. The van der Waals surface area contributed by atoms with Gasteiger partial charge < -0.3 is 19.9 Å². The van der Waals surface area contributed by atoms with Crippen LogP contribution < -0.4 is 5.73 Å². The van der Waals surface area contributed by atoms with Gasteiger partial charge in [-0.3, -0.25) is 5.41 Å². The van der Waals surface area contributed by atoms with Crippen LogP contribution in [0.3, 0.4) is 0 Å². The molecule has 2 aromatic carbocycles. The van der Waals surface area contributed by atoms with Crippen molar-refractivity contribution in [3.63, 3.8) is 0 Å². The van der Waals surface area contributed by atoms with E-state index in [0.29, 0.717) is 18.3 Å². The Morgan fingerprint density at radius 1 is 1.19 bits per heavy atom. The quantitative estimate of drug-likeness (QED) is 0.398. The summed E-state index contributed by atoms with van der Waals surface area (Å²) in [6, 6.07) is 14.8. The van der Waals surface area contributed by atoms with Gasteiger partial charge in [-0.05, 0) is 49.8 Å². The van der Waals surface area contributed by atoms with E-state index in [4.69, 9.17) is 20.4 Å². The number of rotatable bonds is 7. The van der Waals surface area contributed by atoms with Crippen LogP contribution in [0.2, 0.25) is 0 Å². The fourth-order valence-corrected chi connectivity index (χ4v) is 4.16. The maximum absolute atomic E-state index is 7.72. The zero-order valence-corrected chi connectivity index (χ0v) is 19.3. The smallest absolute Gasteiger partial charge is 0.249 e. The van der Waals surface area contributed by atoms with Crippen LogP contribution in [0, 0.1) is 12.3 Å². The zero-order chi connectivity index (χ0) is 21.8. The number of aromatic nitrogens is 2. The molecular weight excluding hydrogens is 426 g/mol. The van der Waals surface area contributed by atoms with Crippen molar-refractivity contribution in [2.45, 2.75) is 45.8 Å². The molecule has 32 heavy (non-hydrogen) atoms. The Balaban J connectivity index is 0.00000289. The largest absolute Gasteiger partial charge is 0.377 e. The Morgan fingerprint density at radius 3 is 2.66 bits per heavy atom. The molecule has 7 nitrogen and oxygen atoms in total. The summed E-state index contributed by atoms with van der Waals surface area (Å²) in [5.41, 5.74) is 11.5. The van der Waals surface area contributed by atoms with Gasteiger partial charge in [0.05, 0.1) is 6.61 Å². The Morgan fingerprint density at radius 2 is 1.94 bits per heavy atom. The van der Waals surface area contributed by atoms with E-state index in [1.807, 2.05) is 24.0 Å². The van der Waals surface area contributed by atoms with Gasteiger partial charge in [0.15, 0.2) is 5.96 Å². The van der Waals surface area contributed by atoms with Gasteiger partial charge in [-0.15, -0.1) is 12.4 Å². The van der Waals surface area contributed by atoms with Gasteiger partial charge in [-0.2, -0.15) is 4.98 Å². The number of halogens is 1. The number of hydrogen-bond donors (Lipinski definition) is 2. The second-order valence-electron chi connectivity index (χ2n) is 8.03. The second-order valence-corrected chi connectivity index (χ2v) is 8.03. The molecule has 0 unspecified atom stereocenters. The standard InChI is InChI=1S/C24H29N5O2.ClH/c1-3-30-15-19-12-16(2)11-18(14-19)13-17-6-8-20(9-7-17)22-27-23(31-28-22)21-5-4-10-29(21)24(25)26;/h6-9,11-12,14,21H,3-5,10,13,15H2,1-2H3,(H3,25,26);1H/t21-;/m0./s1. The minimum absolute atomic E-state index is 0. The number of hydrogen-bond acceptors (Lipinski definition) is 5. The molecule has 0 saturated carbocycles. The molecule has 1 aromatic heterocycles. The Kier molecular flexibility index (Phi) is 7.88. The van der Waals surface area contributed by atoms with Crippen LogP contribution in [0.5, 0.6) is 0 Å². The van der Waals surface area contributed by atoms with Crippen LogP contribution >= 0.6 is 12.4 Å². The van der Waals surface area contributed by atoms with Crippen molar-refractivity contribution >= 4 is 18.4 Å². The molecule has 0 radical (unpaired) electrons. The highest BCUT2D eigenvalue weighted by molar-refractivity contribution is 5.85. The van der Waals surface area contributed by atoms with E-state index < -0.39 is 0 Å². The molecule has 2 heterocycles. The second kappa shape index (κ2) is 10.6. The monoisotopic (exact) mass is 455 g/mol. The molecule has 1 aliphatic rings. The molecule has 1 saturated heterocycles. The van der Waals surface area contributed by atoms with Gasteiger partial charge >= 0.3 is 0 Å². The summed E-state index contributed by atoms with van der Waals surface area (Å²) >= 11 is 0. The zero-order valence-electron chi connectivity index (χ0n) is 18.5. The van der Waals surface area contributed by atoms with Crippen LogP contribution in [-0.2, 0) is 17.8 Å². The first kappa shape index (κ1) is 23.8. The van der Waals surface area contributed by atoms with E-state index in [9.17, 15) is 0 Å². The van der Waals surface area contributed by atoms with E-state index in [0.717, 1.165) is 38.0 Å². The third-order valence-electron chi connectivity index (χ3n) is 5.58. The van der Waals surface area contributed by atoms with E-state index in [1.54, 1.807) is 0 Å². The predicted octanol–water partition coefficient (Wildman–Crippen LogP) is 4.62. The first-order valence-electron chi connectivity index (χ1n) is 10.7. The van der Waals surface area contributed by atoms with Gasteiger partial charge in [0.2, 0.25) is 11.7 Å². The molecule has 170 valence electrons. The topological polar surface area (TPSA) is 101 Å². The highest BCUT2D eigenvalue weighted by Crippen LogP contribution is 2.31. The molecule has 3 N–H and O–H groups in total. The summed E-state index contributed by atoms with van der Waals surface area (Å²) in [5.74, 6) is 1.13. The number of ether oxygens (including phenoxy) is 1. The average molecular weight is 456 g/mol. The van der Waals surface area contributed by atoms with Crippen molar-refractivity contribution < 1.29 is 9.26 Å². The summed E-state index contributed by atoms with van der Waals surface area (Å²) in [4.78, 5) is 6.38. The van der Waals surface area contributed by atoms with Gasteiger partial charge in [0.25, 0.3) is 0 Å². The maximum atomic E-state index is 7.72. The average Bonchev–Trinajstić information content (AvgIpc) is 3.42. The van der Waals surface area contributed by atoms with Gasteiger partial charge in [-0.1, -0.05) is 53.2 Å². The molecule has 3 aromatic rings. The molecule has 1 atom stereocenters. The minimum Gasteiger partial charge on any atom is -0.377 e. The van der Waals surface area contributed by atoms with Crippen molar-refractivity contribution in [1.29, 1.82) is 5.41 Å². The first-order valence-corrected chi connectivity index (χ1v) is 10.7. The summed E-state index contributed by atoms with van der Waals surface area (Å²) < 4.78 is 11.1. The number of nitrogens with two attached hydrogens (primary N) is 1. The molecule has 0 aliphatic carbocycles. The molecule has 8 heteroatoms. The molecule has 0 amide bonds. The number of nitrogens with zero attached hydrogens (tertiary/aromatic N) is 3. The minimum atomic E-state index is -0.106. The molecule has 0 spiro atoms. The number of guanidine groups is 1. The normalized spacial score (nSPS) is 15.6. The number of aryl methyl sites for hydroxylation is 1. The first-order chi connectivity index (χ1) is 15.0. The van der Waals surface area contributed by atoms with Crippen LogP contribution in [0.4, 0.5) is 0 Å². The van der Waals surface area contributed by atoms with E-state index in [2.05, 4.69) is 47.4 Å². The molecular formula is C24H30ClN5O2. The molecule has 4 rings (SSSR count). The lowest BCUT2D eigenvalue weighted by Gasteiger charge is -2.21. The third-order valence-corrected chi connectivity index (χ3v) is 5.58. The summed E-state index contributed by atoms with van der Waals surface area (Å²) in [6.07, 6.45) is 2.68. The number of benzene rings is 2. The van der Waals surface area contributed by atoms with Crippen LogP contribution in [0.25, 0.3) is 11.4 Å². The fourth-order valence-electron chi connectivity index (χ4n) is 4.16. The number of nitrogens with one attached hydrogen (secondary N) is 1. The van der Waals surface area contributed by atoms with Gasteiger partial charge in [0, 0.05) is 18.7 Å². The molecule has 0 bridgehead atoms. The Hall–Kier alpha value is -2.90. The predicted molar refractivity (Wildman–Crippen MR) is 127 cm³/mol. The van der Waals surface area contributed by atoms with Crippen molar-refractivity contribution in [1.82, 2.24) is 15.0 Å². The molecule has 1 fully saturated rings. The van der Waals surface area contributed by atoms with E-state index in [-0.39, 0.29) is 24.4 Å². The summed E-state index contributed by atoms with van der Waals surface area (Å²) in [6.45, 7) is 6.24. The van der Waals surface area contributed by atoms with Crippen LogP contribution in [0.15, 0.2) is 47.0 Å². The third kappa shape index (κ3) is 5.47. The van der Waals surface area contributed by atoms with Crippen molar-refractivity contribution in [3.8, 4) is 11.4 Å². The van der Waals surface area contributed by atoms with Gasteiger partial charge in [0.1, 0.15) is 6.04 Å². The van der Waals surface area contributed by atoms with Crippen molar-refractivity contribution in [2.75, 3.05) is 13.2 Å². The highest BCUT2D eigenvalue weighted by atomic mass is 35.5. The maximum Gasteiger partial charge on any atom is 0.249 e. The SMILES string of the molecule is CCOCc1cc(C)cc(Cc2ccc(-c3noc([C@@H]4CCCN4C(=N)N)n3)cc2)c1.Cl. The Bertz CT molecular complexity index is 1050. The van der Waals surface area contributed by atoms with E-state index in [1.165, 1.54) is 22.3 Å². The van der Waals surface area contributed by atoms with Crippen molar-refractivity contribution in [2.24, 2.45) is 5.73 Å². The number of likely N-dealkylation sites (tertiary alicyclic amines) is 1.